The zero-order valence-electron chi connectivity index (χ0n) is 11.2. The number of nitrogens with two attached hydrogens (primary N) is 1. The van der Waals surface area contributed by atoms with Gasteiger partial charge in [-0.1, -0.05) is 38.1 Å². The normalized spacial score (nSPS) is 12.9. The fourth-order valence-corrected chi connectivity index (χ4v) is 3.48. The van der Waals surface area contributed by atoms with Gasteiger partial charge in [-0.05, 0) is 63.1 Å². The van der Waals surface area contributed by atoms with Crippen molar-refractivity contribution in [2.45, 2.75) is 32.2 Å². The maximum absolute atomic E-state index is 5.69. The summed E-state index contributed by atoms with van der Waals surface area (Å²) in [6.07, 6.45) is 0.918. The first-order valence-corrected chi connectivity index (χ1v) is 8.35. The topological polar surface area (TPSA) is 38.0 Å². The van der Waals surface area contributed by atoms with Gasteiger partial charge in [0, 0.05) is 0 Å². The summed E-state index contributed by atoms with van der Waals surface area (Å²) in [6, 6.07) is 11.2. The maximum Gasteiger partial charge on any atom is 0.0656 e. The summed E-state index contributed by atoms with van der Waals surface area (Å²) in [7, 11) is 0. The van der Waals surface area contributed by atoms with Crippen LogP contribution in [0.15, 0.2) is 35.7 Å². The van der Waals surface area contributed by atoms with Crippen LogP contribution in [0.2, 0.25) is 0 Å². The van der Waals surface area contributed by atoms with Crippen molar-refractivity contribution >= 4 is 33.9 Å². The highest BCUT2D eigenvalue weighted by atomic mass is 127. The van der Waals surface area contributed by atoms with Crippen LogP contribution >= 0.6 is 33.9 Å². The van der Waals surface area contributed by atoms with Crippen molar-refractivity contribution in [3.05, 3.63) is 55.3 Å². The van der Waals surface area contributed by atoms with E-state index < -0.39 is 0 Å². The molecule has 1 aromatic carbocycles. The Hall–Kier alpha value is -0.430. The first-order valence-electron chi connectivity index (χ1n) is 6.39. The van der Waals surface area contributed by atoms with Crippen molar-refractivity contribution in [1.29, 1.82) is 0 Å². The lowest BCUT2D eigenvalue weighted by molar-refractivity contribution is 0.553. The minimum absolute atomic E-state index is 0.185. The molecule has 102 valence electrons. The van der Waals surface area contributed by atoms with Crippen LogP contribution in [0.5, 0.6) is 0 Å². The van der Waals surface area contributed by atoms with Crippen molar-refractivity contribution in [3.63, 3.8) is 0 Å². The summed E-state index contributed by atoms with van der Waals surface area (Å²) >= 11 is 4.10. The Balaban J connectivity index is 2.10. The van der Waals surface area contributed by atoms with Crippen LogP contribution in [0, 0.1) is 2.88 Å². The molecule has 0 amide bonds. The van der Waals surface area contributed by atoms with Crippen molar-refractivity contribution in [2.24, 2.45) is 5.84 Å². The van der Waals surface area contributed by atoms with Crippen LogP contribution in [0.3, 0.4) is 0 Å². The van der Waals surface area contributed by atoms with Gasteiger partial charge in [0.05, 0.1) is 8.93 Å². The lowest BCUT2D eigenvalue weighted by Gasteiger charge is -2.15. The van der Waals surface area contributed by atoms with Crippen LogP contribution in [0.4, 0.5) is 0 Å². The van der Waals surface area contributed by atoms with Gasteiger partial charge >= 0.3 is 0 Å². The molecule has 0 saturated heterocycles. The molecular weight excluding hydrogens is 367 g/mol. The van der Waals surface area contributed by atoms with E-state index in [1.165, 1.54) is 19.6 Å². The number of benzene rings is 1. The lowest BCUT2D eigenvalue weighted by Crippen LogP contribution is -2.29. The van der Waals surface area contributed by atoms with Crippen LogP contribution < -0.4 is 11.3 Å². The van der Waals surface area contributed by atoms with E-state index in [4.69, 9.17) is 5.84 Å². The quantitative estimate of drug-likeness (QED) is 0.459. The minimum atomic E-state index is 0.185. The number of hydrogen-bond acceptors (Lipinski definition) is 3. The van der Waals surface area contributed by atoms with Crippen molar-refractivity contribution in [1.82, 2.24) is 5.43 Å². The minimum Gasteiger partial charge on any atom is -0.271 e. The van der Waals surface area contributed by atoms with Gasteiger partial charge in [-0.2, -0.15) is 0 Å². The number of nitrogens with one attached hydrogen (secondary N) is 1. The maximum atomic E-state index is 5.69. The highest BCUT2D eigenvalue weighted by Crippen LogP contribution is 2.25. The van der Waals surface area contributed by atoms with Gasteiger partial charge in [0.15, 0.2) is 0 Å². The predicted octanol–water partition coefficient (Wildman–Crippen LogP) is 4.22. The lowest BCUT2D eigenvalue weighted by atomic mass is 9.97. The van der Waals surface area contributed by atoms with E-state index in [-0.39, 0.29) is 6.04 Å². The number of hydrogen-bond donors (Lipinski definition) is 2. The Morgan fingerprint density at radius 1 is 1.21 bits per heavy atom. The van der Waals surface area contributed by atoms with E-state index in [0.29, 0.717) is 5.92 Å². The third-order valence-electron chi connectivity index (χ3n) is 3.28. The van der Waals surface area contributed by atoms with E-state index in [1.807, 2.05) is 0 Å². The van der Waals surface area contributed by atoms with E-state index >= 15 is 0 Å². The van der Waals surface area contributed by atoms with Crippen LogP contribution in [-0.4, -0.2) is 0 Å². The molecule has 0 bridgehead atoms. The highest BCUT2D eigenvalue weighted by molar-refractivity contribution is 14.1. The van der Waals surface area contributed by atoms with Crippen molar-refractivity contribution in [2.75, 3.05) is 0 Å². The number of halogens is 1. The van der Waals surface area contributed by atoms with E-state index in [9.17, 15) is 0 Å². The zero-order chi connectivity index (χ0) is 13.8. The largest absolute Gasteiger partial charge is 0.271 e. The van der Waals surface area contributed by atoms with Gasteiger partial charge in [-0.25, -0.2) is 0 Å². The molecule has 2 rings (SSSR count). The van der Waals surface area contributed by atoms with Crippen molar-refractivity contribution in [3.8, 4) is 0 Å². The highest BCUT2D eigenvalue weighted by Gasteiger charge is 2.12. The first-order chi connectivity index (χ1) is 9.10. The molecule has 1 aromatic heterocycles. The molecule has 2 aromatic rings. The molecule has 0 radical (unpaired) electrons. The first kappa shape index (κ1) is 15.0. The fourth-order valence-electron chi connectivity index (χ4n) is 2.05. The molecule has 4 heteroatoms. The fraction of sp³-hybridized carbons (Fsp3) is 0.333. The molecule has 3 N–H and O–H groups in total. The summed E-state index contributed by atoms with van der Waals surface area (Å²) < 4.78 is 1.29. The Morgan fingerprint density at radius 2 is 1.89 bits per heavy atom. The van der Waals surface area contributed by atoms with Crippen LogP contribution in [-0.2, 0) is 6.42 Å². The van der Waals surface area contributed by atoms with E-state index in [0.717, 1.165) is 6.42 Å². The van der Waals surface area contributed by atoms with Gasteiger partial charge in [0.2, 0.25) is 0 Å². The van der Waals surface area contributed by atoms with Crippen molar-refractivity contribution < 1.29 is 0 Å². The van der Waals surface area contributed by atoms with E-state index in [2.05, 4.69) is 77.6 Å². The Labute approximate surface area is 132 Å². The Kier molecular flexibility index (Phi) is 5.38. The molecular formula is C15H19IN2S. The van der Waals surface area contributed by atoms with Crippen LogP contribution in [0.25, 0.3) is 0 Å². The third-order valence-corrected chi connectivity index (χ3v) is 5.08. The van der Waals surface area contributed by atoms with Gasteiger partial charge in [0.25, 0.3) is 0 Å². The zero-order valence-corrected chi connectivity index (χ0v) is 14.2. The van der Waals surface area contributed by atoms with E-state index in [1.54, 1.807) is 11.3 Å². The molecule has 0 aliphatic rings. The predicted molar refractivity (Wildman–Crippen MR) is 91.3 cm³/mol. The standard InChI is InChI=1S/C15H19IN2S/c1-10(2)12-5-3-11(4-6-12)7-14(18-17)13-8-15(16)19-9-13/h3-6,8-10,14,18H,7,17H2,1-2H3. The average Bonchev–Trinajstić information content (AvgIpc) is 2.83. The second-order valence-electron chi connectivity index (χ2n) is 5.00. The molecule has 1 heterocycles. The number of thiophene rings is 1. The summed E-state index contributed by atoms with van der Waals surface area (Å²) in [5, 5.41) is 2.18. The molecule has 0 fully saturated rings. The molecule has 0 aliphatic heterocycles. The van der Waals surface area contributed by atoms with Crippen LogP contribution in [0.1, 0.15) is 42.5 Å². The second-order valence-corrected chi connectivity index (χ2v) is 7.81. The molecule has 19 heavy (non-hydrogen) atoms. The number of hydrazine groups is 1. The Morgan fingerprint density at radius 3 is 2.37 bits per heavy atom. The number of rotatable bonds is 5. The smallest absolute Gasteiger partial charge is 0.0656 e. The monoisotopic (exact) mass is 386 g/mol. The third kappa shape index (κ3) is 4.02. The SMILES string of the molecule is CC(C)c1ccc(CC(NN)c2csc(I)c2)cc1. The van der Waals surface area contributed by atoms with Gasteiger partial charge in [-0.15, -0.1) is 11.3 Å². The molecule has 2 nitrogen and oxygen atoms in total. The summed E-state index contributed by atoms with van der Waals surface area (Å²) in [4.78, 5) is 0. The Bertz CT molecular complexity index is 519. The summed E-state index contributed by atoms with van der Waals surface area (Å²) in [5.41, 5.74) is 6.88. The second kappa shape index (κ2) is 6.83. The molecule has 0 saturated carbocycles. The molecule has 0 spiro atoms. The molecule has 1 atom stereocenters. The van der Waals surface area contributed by atoms with Gasteiger partial charge < -0.3 is 0 Å². The van der Waals surface area contributed by atoms with Gasteiger partial charge in [0.1, 0.15) is 0 Å². The summed E-state index contributed by atoms with van der Waals surface area (Å²) in [6.45, 7) is 4.43. The molecule has 1 unspecified atom stereocenters. The van der Waals surface area contributed by atoms with Gasteiger partial charge in [-0.3, -0.25) is 11.3 Å². The summed E-state index contributed by atoms with van der Waals surface area (Å²) in [5.74, 6) is 6.27. The molecule has 0 aliphatic carbocycles. The average molecular weight is 386 g/mol.